The van der Waals surface area contributed by atoms with Crippen LogP contribution in [-0.2, 0) is 4.74 Å². The second kappa shape index (κ2) is 6.85. The molecule has 0 aliphatic rings. The largest absolute Gasteiger partial charge is 0.468 e. The van der Waals surface area contributed by atoms with Crippen LogP contribution in [0.4, 0.5) is 18.0 Å². The molecule has 1 atom stereocenters. The monoisotopic (exact) mass is 320 g/mol. The molecule has 0 aliphatic carbocycles. The Bertz CT molecular complexity index is 501. The summed E-state index contributed by atoms with van der Waals surface area (Å²) in [6.45, 7) is 3.96. The lowest BCUT2D eigenvalue weighted by molar-refractivity contribution is -0.154. The fraction of sp³-hybridized carbons (Fsp3) is 0.571. The zero-order valence-electron chi connectivity index (χ0n) is 12.6. The van der Waals surface area contributed by atoms with Crippen LogP contribution in [0.2, 0.25) is 0 Å². The van der Waals surface area contributed by atoms with Crippen molar-refractivity contribution < 1.29 is 27.4 Å². The maximum Gasteiger partial charge on any atom is 0.422 e. The van der Waals surface area contributed by atoms with Gasteiger partial charge in [-0.15, -0.1) is 0 Å². The van der Waals surface area contributed by atoms with Crippen molar-refractivity contribution in [2.24, 2.45) is 5.73 Å². The molecule has 124 valence electrons. The topological polar surface area (TPSA) is 74.4 Å². The van der Waals surface area contributed by atoms with E-state index in [0.717, 1.165) is 5.56 Å². The Morgan fingerprint density at radius 2 is 2.00 bits per heavy atom. The Morgan fingerprint density at radius 3 is 2.45 bits per heavy atom. The summed E-state index contributed by atoms with van der Waals surface area (Å²) in [5, 5.41) is 0. The van der Waals surface area contributed by atoms with E-state index in [9.17, 15) is 18.0 Å². The van der Waals surface area contributed by atoms with Gasteiger partial charge < -0.3 is 15.2 Å². The lowest BCUT2D eigenvalue weighted by Crippen LogP contribution is -2.32. The van der Waals surface area contributed by atoms with Crippen LogP contribution < -0.4 is 10.5 Å². The van der Waals surface area contributed by atoms with Gasteiger partial charge in [0.25, 0.3) is 0 Å². The van der Waals surface area contributed by atoms with Gasteiger partial charge in [0.15, 0.2) is 6.61 Å². The number of nitrogens with two attached hydrogens (primary N) is 1. The van der Waals surface area contributed by atoms with Crippen molar-refractivity contribution in [1.29, 1.82) is 0 Å². The molecule has 8 heteroatoms. The minimum atomic E-state index is -4.40. The Balaban J connectivity index is 2.64. The van der Waals surface area contributed by atoms with Gasteiger partial charge in [-0.2, -0.15) is 13.2 Å². The smallest absolute Gasteiger partial charge is 0.422 e. The van der Waals surface area contributed by atoms with E-state index in [2.05, 4.69) is 9.72 Å². The molecule has 2 N–H and O–H groups in total. The molecule has 0 radical (unpaired) electrons. The molecule has 1 heterocycles. The number of aromatic nitrogens is 1. The number of primary amides is 1. The van der Waals surface area contributed by atoms with Gasteiger partial charge in [-0.1, -0.05) is 13.0 Å². The molecule has 1 aromatic heterocycles. The maximum atomic E-state index is 12.0. The van der Waals surface area contributed by atoms with Crippen molar-refractivity contribution in [2.45, 2.75) is 44.9 Å². The van der Waals surface area contributed by atoms with Crippen molar-refractivity contribution in [1.82, 2.24) is 4.98 Å². The standard InChI is InChI=1S/C14H19F3N2O3/c1-9(6-13(2,3)22-12(18)20)10-4-5-11(19-7-10)21-8-14(15,16)17/h4-5,7,9H,6,8H2,1-3H3,(H2,18,20). The molecule has 22 heavy (non-hydrogen) atoms. The van der Waals surface area contributed by atoms with E-state index in [4.69, 9.17) is 10.5 Å². The fourth-order valence-corrected chi connectivity index (χ4v) is 2.09. The molecule has 1 aromatic rings. The van der Waals surface area contributed by atoms with Crippen LogP contribution in [0.25, 0.3) is 0 Å². The van der Waals surface area contributed by atoms with Gasteiger partial charge in [-0.05, 0) is 31.7 Å². The molecule has 0 spiro atoms. The van der Waals surface area contributed by atoms with E-state index in [-0.39, 0.29) is 11.8 Å². The van der Waals surface area contributed by atoms with Crippen molar-refractivity contribution in [2.75, 3.05) is 6.61 Å². The number of amides is 1. The van der Waals surface area contributed by atoms with Gasteiger partial charge in [0, 0.05) is 12.3 Å². The minimum absolute atomic E-state index is 0.0292. The number of hydrogen-bond acceptors (Lipinski definition) is 4. The van der Waals surface area contributed by atoms with Crippen molar-refractivity contribution in [3.8, 4) is 5.88 Å². The van der Waals surface area contributed by atoms with Gasteiger partial charge in [0.05, 0.1) is 0 Å². The minimum Gasteiger partial charge on any atom is -0.468 e. The molecular weight excluding hydrogens is 301 g/mol. The number of nitrogens with zero attached hydrogens (tertiary/aromatic N) is 1. The normalized spacial score (nSPS) is 13.5. The van der Waals surface area contributed by atoms with Crippen molar-refractivity contribution in [3.63, 3.8) is 0 Å². The number of rotatable bonds is 6. The summed E-state index contributed by atoms with van der Waals surface area (Å²) in [6, 6.07) is 3.00. The SMILES string of the molecule is CC(CC(C)(C)OC(N)=O)c1ccc(OCC(F)(F)F)nc1. The Labute approximate surface area is 126 Å². The zero-order chi connectivity index (χ0) is 17.0. The van der Waals surface area contributed by atoms with E-state index in [1.165, 1.54) is 12.3 Å². The molecule has 0 aromatic carbocycles. The lowest BCUT2D eigenvalue weighted by Gasteiger charge is -2.27. The molecular formula is C14H19F3N2O3. The van der Waals surface area contributed by atoms with E-state index >= 15 is 0 Å². The highest BCUT2D eigenvalue weighted by atomic mass is 19.4. The Kier molecular flexibility index (Phi) is 5.62. The van der Waals surface area contributed by atoms with Gasteiger partial charge in [0.2, 0.25) is 5.88 Å². The highest BCUT2D eigenvalue weighted by molar-refractivity contribution is 5.65. The summed E-state index contributed by atoms with van der Waals surface area (Å²) < 4.78 is 45.6. The first-order valence-electron chi connectivity index (χ1n) is 6.62. The predicted octanol–water partition coefficient (Wildman–Crippen LogP) is 3.39. The van der Waals surface area contributed by atoms with Crippen molar-refractivity contribution >= 4 is 6.09 Å². The molecule has 1 unspecified atom stereocenters. The second-order valence-electron chi connectivity index (χ2n) is 5.62. The summed E-state index contributed by atoms with van der Waals surface area (Å²) >= 11 is 0. The quantitative estimate of drug-likeness (QED) is 0.872. The highest BCUT2D eigenvalue weighted by Gasteiger charge is 2.29. The predicted molar refractivity (Wildman–Crippen MR) is 73.6 cm³/mol. The number of halogens is 3. The number of hydrogen-bond donors (Lipinski definition) is 1. The number of carbonyl (C=O) groups is 1. The van der Waals surface area contributed by atoms with E-state index < -0.39 is 24.5 Å². The van der Waals surface area contributed by atoms with E-state index in [1.807, 2.05) is 6.92 Å². The summed E-state index contributed by atoms with van der Waals surface area (Å²) in [7, 11) is 0. The molecule has 0 saturated heterocycles. The summed E-state index contributed by atoms with van der Waals surface area (Å²) in [5.74, 6) is -0.126. The van der Waals surface area contributed by atoms with Gasteiger partial charge >= 0.3 is 12.3 Å². The number of pyridine rings is 1. The van der Waals surface area contributed by atoms with Crippen LogP contribution in [0.3, 0.4) is 0 Å². The number of alkyl halides is 3. The number of carbonyl (C=O) groups excluding carboxylic acids is 1. The molecule has 0 fully saturated rings. The van der Waals surface area contributed by atoms with Crippen LogP contribution >= 0.6 is 0 Å². The third-order valence-corrected chi connectivity index (χ3v) is 2.89. The van der Waals surface area contributed by atoms with Gasteiger partial charge in [-0.25, -0.2) is 9.78 Å². The summed E-state index contributed by atoms with van der Waals surface area (Å²) in [6.07, 6.45) is -3.33. The second-order valence-corrected chi connectivity index (χ2v) is 5.62. The molecule has 1 rings (SSSR count). The Morgan fingerprint density at radius 1 is 1.36 bits per heavy atom. The van der Waals surface area contributed by atoms with Crippen LogP contribution in [-0.4, -0.2) is 29.5 Å². The Hall–Kier alpha value is -1.99. The van der Waals surface area contributed by atoms with Crippen molar-refractivity contribution in [3.05, 3.63) is 23.9 Å². The van der Waals surface area contributed by atoms with Crippen LogP contribution in [0, 0.1) is 0 Å². The maximum absolute atomic E-state index is 12.0. The first-order chi connectivity index (χ1) is 9.98. The number of ether oxygens (including phenoxy) is 2. The van der Waals surface area contributed by atoms with Crippen LogP contribution in [0.15, 0.2) is 18.3 Å². The third kappa shape index (κ3) is 6.64. The van der Waals surface area contributed by atoms with Crippen LogP contribution in [0.1, 0.15) is 38.7 Å². The first-order valence-corrected chi connectivity index (χ1v) is 6.62. The zero-order valence-corrected chi connectivity index (χ0v) is 12.6. The average Bonchev–Trinajstić information content (AvgIpc) is 2.33. The van der Waals surface area contributed by atoms with E-state index in [0.29, 0.717) is 6.42 Å². The molecule has 5 nitrogen and oxygen atoms in total. The molecule has 1 amide bonds. The first kappa shape index (κ1) is 18.1. The van der Waals surface area contributed by atoms with Crippen LogP contribution in [0.5, 0.6) is 5.88 Å². The van der Waals surface area contributed by atoms with Gasteiger partial charge in [0.1, 0.15) is 5.60 Å². The summed E-state index contributed by atoms with van der Waals surface area (Å²) in [5.41, 5.74) is 5.04. The fourth-order valence-electron chi connectivity index (χ4n) is 2.09. The molecule has 0 saturated carbocycles. The summed E-state index contributed by atoms with van der Waals surface area (Å²) in [4.78, 5) is 14.6. The highest BCUT2D eigenvalue weighted by Crippen LogP contribution is 2.28. The average molecular weight is 320 g/mol. The van der Waals surface area contributed by atoms with Gasteiger partial charge in [-0.3, -0.25) is 0 Å². The molecule has 0 aliphatic heterocycles. The lowest BCUT2D eigenvalue weighted by atomic mass is 9.90. The van der Waals surface area contributed by atoms with E-state index in [1.54, 1.807) is 19.9 Å². The third-order valence-electron chi connectivity index (χ3n) is 2.89. The molecule has 0 bridgehead atoms.